The number of rotatable bonds is 4. The van der Waals surface area contributed by atoms with Crippen molar-refractivity contribution < 1.29 is 18.3 Å². The molecule has 0 bridgehead atoms. The minimum absolute atomic E-state index is 0.0467. The monoisotopic (exact) mass is 223 g/mol. The molecule has 0 rings (SSSR count). The van der Waals surface area contributed by atoms with Crippen LogP contribution < -0.4 is 5.73 Å². The Labute approximate surface area is 84.2 Å². The molecule has 0 aliphatic heterocycles. The smallest absolute Gasteiger partial charge is 0.320 e. The van der Waals surface area contributed by atoms with Crippen molar-refractivity contribution in [3.8, 4) is 0 Å². The first-order valence-corrected chi connectivity index (χ1v) is 5.94. The van der Waals surface area contributed by atoms with E-state index in [1.165, 1.54) is 0 Å². The summed E-state index contributed by atoms with van der Waals surface area (Å²) in [4.78, 5) is 10.3. The maximum atomic E-state index is 11.5. The van der Waals surface area contributed by atoms with E-state index in [-0.39, 0.29) is 12.2 Å². The molecule has 0 amide bonds. The molecule has 0 unspecified atom stereocenters. The molecular weight excluding hydrogens is 206 g/mol. The standard InChI is InChI=1S/C8H17NO4S/c1-8(2,3)14(12,13)5-4-6(9)7(10)11/h6H,4-5,9H2,1-3H3,(H,10,11)/t6-/m1/s1. The molecule has 0 aromatic carbocycles. The Kier molecular flexibility index (Phi) is 4.08. The van der Waals surface area contributed by atoms with Crippen LogP contribution in [0.25, 0.3) is 0 Å². The average Bonchev–Trinajstić information content (AvgIpc) is 1.97. The quantitative estimate of drug-likeness (QED) is 0.699. The van der Waals surface area contributed by atoms with Crippen molar-refractivity contribution in [1.29, 1.82) is 0 Å². The van der Waals surface area contributed by atoms with Crippen LogP contribution in [0.1, 0.15) is 27.2 Å². The lowest BCUT2D eigenvalue weighted by molar-refractivity contribution is -0.138. The molecule has 1 atom stereocenters. The van der Waals surface area contributed by atoms with Crippen LogP contribution in [0.3, 0.4) is 0 Å². The lowest BCUT2D eigenvalue weighted by Crippen LogP contribution is -2.36. The zero-order valence-corrected chi connectivity index (χ0v) is 9.47. The Bertz CT molecular complexity index is 302. The Hall–Kier alpha value is -0.620. The van der Waals surface area contributed by atoms with Crippen molar-refractivity contribution in [3.63, 3.8) is 0 Å². The van der Waals surface area contributed by atoms with E-state index >= 15 is 0 Å². The van der Waals surface area contributed by atoms with Gasteiger partial charge in [-0.1, -0.05) is 0 Å². The first kappa shape index (κ1) is 13.4. The van der Waals surface area contributed by atoms with Gasteiger partial charge in [0.2, 0.25) is 0 Å². The van der Waals surface area contributed by atoms with E-state index in [0.717, 1.165) is 0 Å². The van der Waals surface area contributed by atoms with Gasteiger partial charge in [-0.3, -0.25) is 4.79 Å². The molecule has 84 valence electrons. The summed E-state index contributed by atoms with van der Waals surface area (Å²) < 4.78 is 22.2. The van der Waals surface area contributed by atoms with Crippen LogP contribution in [0.4, 0.5) is 0 Å². The van der Waals surface area contributed by atoms with Gasteiger partial charge in [-0.05, 0) is 27.2 Å². The zero-order chi connectivity index (χ0) is 11.6. The third-order valence-electron chi connectivity index (χ3n) is 1.95. The number of carboxylic acid groups (broad SMARTS) is 1. The number of nitrogens with two attached hydrogens (primary N) is 1. The summed E-state index contributed by atoms with van der Waals surface area (Å²) in [7, 11) is -3.27. The maximum absolute atomic E-state index is 11.5. The molecule has 0 radical (unpaired) electrons. The second kappa shape index (κ2) is 4.27. The summed E-state index contributed by atoms with van der Waals surface area (Å²) in [5.74, 6) is -1.36. The van der Waals surface area contributed by atoms with Crippen molar-refractivity contribution in [1.82, 2.24) is 0 Å². The second-order valence-corrected chi connectivity index (χ2v) is 7.03. The predicted octanol–water partition coefficient (Wildman–Crippen LogP) is 0.00170. The SMILES string of the molecule is CC(C)(C)S(=O)(=O)CC[C@@H](N)C(=O)O. The fraction of sp³-hybridized carbons (Fsp3) is 0.875. The molecule has 0 fully saturated rings. The molecule has 5 nitrogen and oxygen atoms in total. The van der Waals surface area contributed by atoms with E-state index in [1.54, 1.807) is 20.8 Å². The van der Waals surface area contributed by atoms with Crippen LogP contribution >= 0.6 is 0 Å². The van der Waals surface area contributed by atoms with Crippen LogP contribution in [0.5, 0.6) is 0 Å². The van der Waals surface area contributed by atoms with Crippen LogP contribution in [-0.2, 0) is 14.6 Å². The van der Waals surface area contributed by atoms with E-state index in [0.29, 0.717) is 0 Å². The molecule has 0 heterocycles. The predicted molar refractivity (Wildman–Crippen MR) is 53.8 cm³/mol. The summed E-state index contributed by atoms with van der Waals surface area (Å²) in [6, 6.07) is -1.10. The highest BCUT2D eigenvalue weighted by Crippen LogP contribution is 2.16. The van der Waals surface area contributed by atoms with Crippen LogP contribution in [0.15, 0.2) is 0 Å². The van der Waals surface area contributed by atoms with E-state index in [4.69, 9.17) is 10.8 Å². The van der Waals surface area contributed by atoms with Crippen LogP contribution in [0, 0.1) is 0 Å². The number of carbonyl (C=O) groups is 1. The molecule has 0 aliphatic carbocycles. The van der Waals surface area contributed by atoms with Crippen molar-refractivity contribution in [3.05, 3.63) is 0 Å². The lowest BCUT2D eigenvalue weighted by Gasteiger charge is -2.19. The maximum Gasteiger partial charge on any atom is 0.320 e. The molecular formula is C8H17NO4S. The normalized spacial score (nSPS) is 15.1. The van der Waals surface area contributed by atoms with Gasteiger partial charge in [0, 0.05) is 0 Å². The van der Waals surface area contributed by atoms with Crippen molar-refractivity contribution in [2.45, 2.75) is 38.0 Å². The Morgan fingerprint density at radius 2 is 1.86 bits per heavy atom. The topological polar surface area (TPSA) is 97.5 Å². The third kappa shape index (κ3) is 3.63. The first-order valence-electron chi connectivity index (χ1n) is 4.28. The fourth-order valence-corrected chi connectivity index (χ4v) is 1.89. The van der Waals surface area contributed by atoms with Gasteiger partial charge in [-0.25, -0.2) is 8.42 Å². The highest BCUT2D eigenvalue weighted by atomic mass is 32.2. The van der Waals surface area contributed by atoms with Gasteiger partial charge in [-0.15, -0.1) is 0 Å². The van der Waals surface area contributed by atoms with Crippen molar-refractivity contribution in [2.75, 3.05) is 5.75 Å². The summed E-state index contributed by atoms with van der Waals surface area (Å²) in [6.45, 7) is 4.73. The van der Waals surface area contributed by atoms with Gasteiger partial charge in [0.1, 0.15) is 6.04 Å². The first-order chi connectivity index (χ1) is 6.08. The summed E-state index contributed by atoms with van der Waals surface area (Å²) in [6.07, 6.45) is -0.0467. The van der Waals surface area contributed by atoms with Gasteiger partial charge in [0.15, 0.2) is 9.84 Å². The Morgan fingerprint density at radius 1 is 1.43 bits per heavy atom. The number of hydrogen-bond donors (Lipinski definition) is 2. The molecule has 0 aliphatic rings. The Balaban J connectivity index is 4.36. The minimum Gasteiger partial charge on any atom is -0.480 e. The van der Waals surface area contributed by atoms with Gasteiger partial charge in [-0.2, -0.15) is 0 Å². The van der Waals surface area contributed by atoms with Gasteiger partial charge in [0.25, 0.3) is 0 Å². The average molecular weight is 223 g/mol. The molecule has 6 heteroatoms. The summed E-state index contributed by atoms with van der Waals surface area (Å²) in [5, 5.41) is 8.46. The highest BCUT2D eigenvalue weighted by Gasteiger charge is 2.29. The minimum atomic E-state index is -3.27. The van der Waals surface area contributed by atoms with Gasteiger partial charge in [0.05, 0.1) is 10.5 Å². The van der Waals surface area contributed by atoms with Gasteiger partial charge >= 0.3 is 5.97 Å². The lowest BCUT2D eigenvalue weighted by atomic mass is 10.2. The van der Waals surface area contributed by atoms with E-state index in [1.807, 2.05) is 0 Å². The number of hydrogen-bond acceptors (Lipinski definition) is 4. The van der Waals surface area contributed by atoms with Crippen molar-refractivity contribution >= 4 is 15.8 Å². The summed E-state index contributed by atoms with van der Waals surface area (Å²) in [5.41, 5.74) is 5.20. The fourth-order valence-electron chi connectivity index (χ4n) is 0.712. The molecule has 0 aromatic heterocycles. The van der Waals surface area contributed by atoms with Crippen molar-refractivity contribution in [2.24, 2.45) is 5.73 Å². The molecule has 0 saturated heterocycles. The molecule has 3 N–H and O–H groups in total. The number of aliphatic carboxylic acids is 1. The number of carboxylic acids is 1. The van der Waals surface area contributed by atoms with E-state index < -0.39 is 26.6 Å². The van der Waals surface area contributed by atoms with Gasteiger partial charge < -0.3 is 10.8 Å². The summed E-state index contributed by atoms with van der Waals surface area (Å²) >= 11 is 0. The molecule has 0 spiro atoms. The largest absolute Gasteiger partial charge is 0.480 e. The van der Waals surface area contributed by atoms with E-state index in [9.17, 15) is 13.2 Å². The zero-order valence-electron chi connectivity index (χ0n) is 8.65. The Morgan fingerprint density at radius 3 is 2.14 bits per heavy atom. The van der Waals surface area contributed by atoms with Crippen LogP contribution in [-0.4, -0.2) is 36.0 Å². The van der Waals surface area contributed by atoms with E-state index in [2.05, 4.69) is 0 Å². The molecule has 0 saturated carbocycles. The number of sulfone groups is 1. The van der Waals surface area contributed by atoms with Crippen LogP contribution in [0.2, 0.25) is 0 Å². The molecule has 0 aromatic rings. The molecule has 14 heavy (non-hydrogen) atoms. The third-order valence-corrected chi connectivity index (χ3v) is 4.59. The highest BCUT2D eigenvalue weighted by molar-refractivity contribution is 7.92. The second-order valence-electron chi connectivity index (χ2n) is 4.16.